The first kappa shape index (κ1) is 21.0. The molecule has 28 heavy (non-hydrogen) atoms. The van der Waals surface area contributed by atoms with E-state index in [9.17, 15) is 22.8 Å². The smallest absolute Gasteiger partial charge is 0.381 e. The number of aryl methyl sites for hydroxylation is 1. The number of nitrogen functional groups attached to an aromatic ring is 1. The first-order valence-corrected chi connectivity index (χ1v) is 8.20. The summed E-state index contributed by atoms with van der Waals surface area (Å²) in [4.78, 5) is 23.7. The molecule has 0 saturated carbocycles. The van der Waals surface area contributed by atoms with E-state index in [0.717, 1.165) is 12.1 Å². The van der Waals surface area contributed by atoms with Gasteiger partial charge in [-0.25, -0.2) is 0 Å². The molecule has 148 valence electrons. The van der Waals surface area contributed by atoms with E-state index in [0.29, 0.717) is 24.6 Å². The second kappa shape index (κ2) is 8.62. The molecule has 0 atom stereocenters. The van der Waals surface area contributed by atoms with Crippen LogP contribution in [0.25, 0.3) is 0 Å². The van der Waals surface area contributed by atoms with Gasteiger partial charge in [0.05, 0.1) is 22.0 Å². The number of hydrogen-bond acceptors (Lipinski definition) is 5. The van der Waals surface area contributed by atoms with Crippen LogP contribution in [0, 0.1) is 11.3 Å². The Morgan fingerprint density at radius 3 is 2.68 bits per heavy atom. The number of hydrogen-bond donors (Lipinski definition) is 4. The molecule has 0 aliphatic rings. The first-order chi connectivity index (χ1) is 13.1. The maximum absolute atomic E-state index is 12.7. The predicted molar refractivity (Wildman–Crippen MR) is 94.1 cm³/mol. The molecule has 8 nitrogen and oxygen atoms in total. The molecular formula is C16H14ClF3N6O2. The van der Waals surface area contributed by atoms with Crippen molar-refractivity contribution in [2.24, 2.45) is 0 Å². The van der Waals surface area contributed by atoms with Gasteiger partial charge in [-0.2, -0.15) is 23.5 Å². The van der Waals surface area contributed by atoms with Crippen LogP contribution < -0.4 is 16.4 Å². The van der Waals surface area contributed by atoms with Crippen molar-refractivity contribution < 1.29 is 22.8 Å². The summed E-state index contributed by atoms with van der Waals surface area (Å²) < 4.78 is 38.2. The van der Waals surface area contributed by atoms with Crippen molar-refractivity contribution in [1.29, 1.82) is 5.26 Å². The fourth-order valence-corrected chi connectivity index (χ4v) is 2.39. The Balaban J connectivity index is 1.88. The van der Waals surface area contributed by atoms with Gasteiger partial charge in [-0.1, -0.05) is 11.6 Å². The van der Waals surface area contributed by atoms with E-state index in [2.05, 4.69) is 15.5 Å². The van der Waals surface area contributed by atoms with Gasteiger partial charge < -0.3 is 16.4 Å². The van der Waals surface area contributed by atoms with Crippen LogP contribution in [0.4, 0.5) is 24.7 Å². The largest absolute Gasteiger partial charge is 0.416 e. The van der Waals surface area contributed by atoms with Crippen molar-refractivity contribution in [2.45, 2.75) is 19.0 Å². The number of aromatic nitrogens is 2. The Hall–Kier alpha value is -3.26. The number of aromatic amines is 1. The van der Waals surface area contributed by atoms with Crippen LogP contribution >= 0.6 is 11.6 Å². The summed E-state index contributed by atoms with van der Waals surface area (Å²) in [5, 5.41) is 19.5. The van der Waals surface area contributed by atoms with E-state index in [1.807, 2.05) is 11.4 Å². The summed E-state index contributed by atoms with van der Waals surface area (Å²) in [6, 6.07) is 4.27. The number of benzene rings is 1. The molecule has 12 heteroatoms. The van der Waals surface area contributed by atoms with Gasteiger partial charge >= 0.3 is 18.0 Å². The summed E-state index contributed by atoms with van der Waals surface area (Å²) in [7, 11) is 0. The number of anilines is 2. The Morgan fingerprint density at radius 1 is 1.32 bits per heavy atom. The Labute approximate surface area is 161 Å². The van der Waals surface area contributed by atoms with Gasteiger partial charge in [-0.3, -0.25) is 14.7 Å². The standard InChI is InChI=1S/C16H14ClF3N6O2/c17-10-4-3-8(16(18,19)20)6-12(10)24-15(28)14(27)23-5-1-2-11-9(7-21)13(22)26-25-11/h3-4,6H,1-2,5H2,(H,23,27)(H,24,28)(H3,22,25,26). The molecule has 1 aromatic carbocycles. The van der Waals surface area contributed by atoms with Gasteiger partial charge in [-0.05, 0) is 31.0 Å². The number of H-pyrrole nitrogens is 1. The Morgan fingerprint density at radius 2 is 2.04 bits per heavy atom. The van der Waals surface area contributed by atoms with Gasteiger partial charge in [-0.15, -0.1) is 0 Å². The highest BCUT2D eigenvalue weighted by atomic mass is 35.5. The lowest BCUT2D eigenvalue weighted by Gasteiger charge is -2.11. The van der Waals surface area contributed by atoms with Gasteiger partial charge in [0.1, 0.15) is 11.6 Å². The quantitative estimate of drug-likeness (QED) is 0.439. The van der Waals surface area contributed by atoms with Crippen molar-refractivity contribution in [3.63, 3.8) is 0 Å². The van der Waals surface area contributed by atoms with E-state index in [4.69, 9.17) is 22.6 Å². The zero-order valence-electron chi connectivity index (χ0n) is 14.2. The molecule has 0 bridgehead atoms. The number of nitriles is 1. The fraction of sp³-hybridized carbons (Fsp3) is 0.250. The average molecular weight is 415 g/mol. The highest BCUT2D eigenvalue weighted by molar-refractivity contribution is 6.41. The molecule has 0 unspecified atom stereocenters. The molecule has 2 amide bonds. The summed E-state index contributed by atoms with van der Waals surface area (Å²) in [6.45, 7) is 0.0758. The van der Waals surface area contributed by atoms with E-state index in [1.54, 1.807) is 0 Å². The molecule has 1 heterocycles. The lowest BCUT2D eigenvalue weighted by atomic mass is 10.1. The summed E-state index contributed by atoms with van der Waals surface area (Å²) in [6.07, 6.45) is -3.92. The molecule has 0 radical (unpaired) electrons. The zero-order chi connectivity index (χ0) is 20.9. The van der Waals surface area contributed by atoms with Gasteiger partial charge in [0.15, 0.2) is 5.82 Å². The van der Waals surface area contributed by atoms with E-state index in [1.165, 1.54) is 0 Å². The van der Waals surface area contributed by atoms with Gasteiger partial charge in [0.2, 0.25) is 0 Å². The fourth-order valence-electron chi connectivity index (χ4n) is 2.22. The van der Waals surface area contributed by atoms with Gasteiger partial charge in [0, 0.05) is 6.54 Å². The van der Waals surface area contributed by atoms with Crippen LogP contribution in [0.15, 0.2) is 18.2 Å². The minimum absolute atomic E-state index is 0.0684. The van der Waals surface area contributed by atoms with Crippen LogP contribution in [0.3, 0.4) is 0 Å². The maximum Gasteiger partial charge on any atom is 0.416 e. The Bertz CT molecular complexity index is 935. The van der Waals surface area contributed by atoms with Gasteiger partial charge in [0.25, 0.3) is 0 Å². The molecule has 0 aliphatic heterocycles. The summed E-state index contributed by atoms with van der Waals surface area (Å²) in [5.41, 5.74) is 4.86. The number of amides is 2. The minimum atomic E-state index is -4.62. The number of nitrogens with zero attached hydrogens (tertiary/aromatic N) is 2. The number of nitrogens with one attached hydrogen (secondary N) is 3. The lowest BCUT2D eigenvalue weighted by Crippen LogP contribution is -2.36. The minimum Gasteiger partial charge on any atom is -0.381 e. The Kier molecular flexibility index (Phi) is 6.48. The van der Waals surface area contributed by atoms with Crippen LogP contribution in [-0.4, -0.2) is 28.6 Å². The van der Waals surface area contributed by atoms with Crippen LogP contribution in [0.5, 0.6) is 0 Å². The second-order valence-electron chi connectivity index (χ2n) is 5.58. The molecule has 5 N–H and O–H groups in total. The van der Waals surface area contributed by atoms with Crippen molar-refractivity contribution in [2.75, 3.05) is 17.6 Å². The number of nitrogens with two attached hydrogens (primary N) is 1. The number of halogens is 4. The van der Waals surface area contributed by atoms with Crippen molar-refractivity contribution in [3.8, 4) is 6.07 Å². The summed E-state index contributed by atoms with van der Waals surface area (Å²) >= 11 is 5.76. The lowest BCUT2D eigenvalue weighted by molar-refractivity contribution is -0.137. The molecular weight excluding hydrogens is 401 g/mol. The second-order valence-corrected chi connectivity index (χ2v) is 5.99. The maximum atomic E-state index is 12.7. The SMILES string of the molecule is N#Cc1c(N)n[nH]c1CCCNC(=O)C(=O)Nc1cc(C(F)(F)F)ccc1Cl. The van der Waals surface area contributed by atoms with E-state index >= 15 is 0 Å². The van der Waals surface area contributed by atoms with Crippen molar-refractivity contribution in [1.82, 2.24) is 15.5 Å². The third kappa shape index (κ3) is 5.14. The topological polar surface area (TPSA) is 137 Å². The van der Waals surface area contributed by atoms with E-state index in [-0.39, 0.29) is 28.6 Å². The van der Waals surface area contributed by atoms with E-state index < -0.39 is 23.6 Å². The molecule has 0 fully saturated rings. The van der Waals surface area contributed by atoms with Crippen molar-refractivity contribution in [3.05, 3.63) is 40.0 Å². The molecule has 0 saturated heterocycles. The van der Waals surface area contributed by atoms with Crippen LogP contribution in [0.1, 0.15) is 23.2 Å². The molecule has 0 spiro atoms. The normalized spacial score (nSPS) is 11.0. The van der Waals surface area contributed by atoms with Crippen molar-refractivity contribution >= 4 is 34.9 Å². The number of carbonyl (C=O) groups is 2. The third-order valence-corrected chi connectivity index (χ3v) is 3.95. The molecule has 2 aromatic rings. The third-order valence-electron chi connectivity index (χ3n) is 3.62. The highest BCUT2D eigenvalue weighted by Crippen LogP contribution is 2.33. The number of carbonyl (C=O) groups excluding carboxylic acids is 2. The van der Waals surface area contributed by atoms with Crippen LogP contribution in [-0.2, 0) is 22.2 Å². The zero-order valence-corrected chi connectivity index (χ0v) is 14.9. The molecule has 0 aliphatic carbocycles. The number of alkyl halides is 3. The highest BCUT2D eigenvalue weighted by Gasteiger charge is 2.31. The average Bonchev–Trinajstić information content (AvgIpc) is 2.98. The summed E-state index contributed by atoms with van der Waals surface area (Å²) in [5.74, 6) is -2.14. The monoisotopic (exact) mass is 414 g/mol. The van der Waals surface area contributed by atoms with Crippen LogP contribution in [0.2, 0.25) is 5.02 Å². The molecule has 2 rings (SSSR count). The first-order valence-electron chi connectivity index (χ1n) is 7.82. The number of rotatable bonds is 5. The predicted octanol–water partition coefficient (Wildman–Crippen LogP) is 2.22. The molecule has 1 aromatic heterocycles.